The summed E-state index contributed by atoms with van der Waals surface area (Å²) in [5.41, 5.74) is 8.06. The van der Waals surface area contributed by atoms with Gasteiger partial charge in [0.05, 0.1) is 34.7 Å². The molecule has 0 aliphatic carbocycles. The van der Waals surface area contributed by atoms with Gasteiger partial charge in [-0.05, 0) is 13.8 Å². The Balaban J connectivity index is 0.000000181. The summed E-state index contributed by atoms with van der Waals surface area (Å²) in [6.45, 7) is 3.97. The molecule has 0 fully saturated rings. The first-order valence-corrected chi connectivity index (χ1v) is 12.4. The van der Waals surface area contributed by atoms with Crippen LogP contribution in [0.1, 0.15) is 11.4 Å². The molecule has 186 valence electrons. The van der Waals surface area contributed by atoms with Crippen molar-refractivity contribution >= 4 is 0 Å². The summed E-state index contributed by atoms with van der Waals surface area (Å²) in [6, 6.07) is 42.8. The molecule has 0 saturated carbocycles. The van der Waals surface area contributed by atoms with Crippen molar-refractivity contribution in [1.29, 1.82) is 0 Å². The summed E-state index contributed by atoms with van der Waals surface area (Å²) < 4.78 is 0. The quantitative estimate of drug-likeness (QED) is 0.252. The van der Waals surface area contributed by atoms with E-state index in [1.807, 2.05) is 129 Å². The summed E-state index contributed by atoms with van der Waals surface area (Å²) in [5.74, 6) is 0. The Morgan fingerprint density at radius 3 is 1.38 bits per heavy atom. The molecule has 0 bridgehead atoms. The van der Waals surface area contributed by atoms with Gasteiger partial charge in [-0.2, -0.15) is 36.4 Å². The maximum Gasteiger partial charge on any atom is 1.00 e. The van der Waals surface area contributed by atoms with Crippen LogP contribution >= 0.6 is 0 Å². The monoisotopic (exact) mass is 500 g/mol. The van der Waals surface area contributed by atoms with E-state index in [1.165, 1.54) is 0 Å². The average molecular weight is 501 g/mol. The Bertz CT molecular complexity index is 1480. The van der Waals surface area contributed by atoms with Crippen LogP contribution in [-0.4, -0.2) is 19.9 Å². The van der Waals surface area contributed by atoms with E-state index < -0.39 is 0 Å². The van der Waals surface area contributed by atoms with Crippen LogP contribution in [0.25, 0.3) is 33.8 Å². The molecule has 0 N–H and O–H groups in total. The molecule has 39 heavy (non-hydrogen) atoms. The van der Waals surface area contributed by atoms with Gasteiger partial charge in [-0.15, -0.1) is 0 Å². The number of hydrogen-bond donors (Lipinski definition) is 0. The Morgan fingerprint density at radius 1 is 0.487 bits per heavy atom. The molecule has 4 nitrogen and oxygen atoms in total. The molecule has 4 aromatic carbocycles. The molecule has 6 aromatic rings. The first kappa shape index (κ1) is 29.2. The normalized spacial score (nSPS) is 9.59. The standard InChI is InChI=1S/C17H14N2.C11H10N2.C6H5.Li/c1-13-17(15-10-6-3-7-11-15)18-12-16(19-13)14-8-4-2-5-9-14;1-9-11(13-8-7-12-9)10-5-3-2-4-6-10;1-2-4-6-5-3-1;/h2-12H,1H3;2-8H,1H3;1-5H;/q;;-1;+1. The Morgan fingerprint density at radius 2 is 0.949 bits per heavy atom. The molecule has 0 unspecified atom stereocenters. The molecule has 0 aliphatic heterocycles. The summed E-state index contributed by atoms with van der Waals surface area (Å²) in [4.78, 5) is 17.7. The van der Waals surface area contributed by atoms with Crippen molar-refractivity contribution in [3.8, 4) is 33.8 Å². The second kappa shape index (κ2) is 15.8. The van der Waals surface area contributed by atoms with Crippen molar-refractivity contribution < 1.29 is 18.9 Å². The van der Waals surface area contributed by atoms with Crippen LogP contribution in [0.5, 0.6) is 0 Å². The molecule has 6 rings (SSSR count). The first-order valence-electron chi connectivity index (χ1n) is 12.4. The third kappa shape index (κ3) is 8.86. The van der Waals surface area contributed by atoms with Crippen molar-refractivity contribution in [2.75, 3.05) is 0 Å². The van der Waals surface area contributed by atoms with Crippen LogP contribution in [0.3, 0.4) is 0 Å². The summed E-state index contributed by atoms with van der Waals surface area (Å²) in [7, 11) is 0. The third-order valence-electron chi connectivity index (χ3n) is 5.60. The molecule has 0 spiro atoms. The molecule has 2 heterocycles. The minimum Gasteiger partial charge on any atom is -0.258 e. The smallest absolute Gasteiger partial charge is 0.258 e. The Hall–Kier alpha value is -4.36. The van der Waals surface area contributed by atoms with Crippen molar-refractivity contribution in [2.45, 2.75) is 13.8 Å². The van der Waals surface area contributed by atoms with Crippen LogP contribution in [0.4, 0.5) is 0 Å². The topological polar surface area (TPSA) is 51.6 Å². The maximum absolute atomic E-state index is 4.66. The van der Waals surface area contributed by atoms with E-state index in [1.54, 1.807) is 12.4 Å². The number of nitrogens with zero attached hydrogens (tertiary/aromatic N) is 4. The van der Waals surface area contributed by atoms with Gasteiger partial charge < -0.3 is 0 Å². The molecule has 0 radical (unpaired) electrons. The minimum atomic E-state index is 0. The van der Waals surface area contributed by atoms with Crippen molar-refractivity contribution in [1.82, 2.24) is 19.9 Å². The molecular formula is C34H29LiN4. The van der Waals surface area contributed by atoms with E-state index >= 15 is 0 Å². The molecule has 0 saturated heterocycles. The Labute approximate surface area is 243 Å². The predicted molar refractivity (Wildman–Crippen MR) is 155 cm³/mol. The van der Waals surface area contributed by atoms with Gasteiger partial charge in [0, 0.05) is 29.1 Å². The zero-order chi connectivity index (χ0) is 26.4. The number of aromatic nitrogens is 4. The fraction of sp³-hybridized carbons (Fsp3) is 0.0588. The number of aryl methyl sites for hydroxylation is 2. The van der Waals surface area contributed by atoms with E-state index in [4.69, 9.17) is 0 Å². The Kier molecular flexibility index (Phi) is 11.8. The molecule has 0 atom stereocenters. The van der Waals surface area contributed by atoms with E-state index in [0.29, 0.717) is 0 Å². The van der Waals surface area contributed by atoms with Crippen molar-refractivity contribution in [3.05, 3.63) is 157 Å². The molecule has 5 heteroatoms. The van der Waals surface area contributed by atoms with E-state index in [9.17, 15) is 0 Å². The summed E-state index contributed by atoms with van der Waals surface area (Å²) >= 11 is 0. The molecular weight excluding hydrogens is 471 g/mol. The van der Waals surface area contributed by atoms with Gasteiger partial charge in [0.25, 0.3) is 0 Å². The van der Waals surface area contributed by atoms with Crippen LogP contribution in [0.2, 0.25) is 0 Å². The largest absolute Gasteiger partial charge is 1.00 e. The van der Waals surface area contributed by atoms with E-state index in [-0.39, 0.29) is 18.9 Å². The fourth-order valence-electron chi connectivity index (χ4n) is 3.74. The summed E-state index contributed by atoms with van der Waals surface area (Å²) in [6.07, 6.45) is 5.27. The van der Waals surface area contributed by atoms with Gasteiger partial charge in [-0.3, -0.25) is 15.0 Å². The van der Waals surface area contributed by atoms with Gasteiger partial charge in [-0.1, -0.05) is 91.0 Å². The van der Waals surface area contributed by atoms with Gasteiger partial charge in [0.2, 0.25) is 0 Å². The SMILES string of the molecule is Cc1nc(-c2ccccc2)cnc1-c1ccccc1.Cc1nccnc1-c1ccccc1.[Li+].[c-]1ccccc1. The zero-order valence-corrected chi connectivity index (χ0v) is 22.6. The number of rotatable bonds is 3. The van der Waals surface area contributed by atoms with E-state index in [2.05, 4.69) is 38.1 Å². The second-order valence-corrected chi connectivity index (χ2v) is 8.36. The fourth-order valence-corrected chi connectivity index (χ4v) is 3.74. The predicted octanol–water partition coefficient (Wildman–Crippen LogP) is 5.06. The second-order valence-electron chi connectivity index (χ2n) is 8.36. The molecule has 2 aromatic heterocycles. The van der Waals surface area contributed by atoms with Crippen molar-refractivity contribution in [3.63, 3.8) is 0 Å². The molecule has 0 amide bonds. The molecule has 0 aliphatic rings. The van der Waals surface area contributed by atoms with E-state index in [0.717, 1.165) is 45.2 Å². The summed E-state index contributed by atoms with van der Waals surface area (Å²) in [5, 5.41) is 0. The van der Waals surface area contributed by atoms with Crippen LogP contribution in [0, 0.1) is 19.9 Å². The number of hydrogen-bond acceptors (Lipinski definition) is 4. The van der Waals surface area contributed by atoms with Crippen molar-refractivity contribution in [2.24, 2.45) is 0 Å². The van der Waals surface area contributed by atoms with Gasteiger partial charge >= 0.3 is 18.9 Å². The third-order valence-corrected chi connectivity index (χ3v) is 5.60. The first-order chi connectivity index (χ1) is 18.7. The zero-order valence-electron chi connectivity index (χ0n) is 22.6. The van der Waals surface area contributed by atoms with Gasteiger partial charge in [0.15, 0.2) is 0 Å². The average Bonchev–Trinajstić information content (AvgIpc) is 3.00. The van der Waals surface area contributed by atoms with Crippen LogP contribution < -0.4 is 18.9 Å². The van der Waals surface area contributed by atoms with Gasteiger partial charge in [-0.25, -0.2) is 4.98 Å². The maximum atomic E-state index is 4.66. The van der Waals surface area contributed by atoms with Gasteiger partial charge in [0.1, 0.15) is 0 Å². The minimum absolute atomic E-state index is 0. The number of benzene rings is 4. The van der Waals surface area contributed by atoms with Crippen LogP contribution in [0.15, 0.2) is 140 Å². The van der Waals surface area contributed by atoms with Crippen LogP contribution in [-0.2, 0) is 0 Å².